The van der Waals surface area contributed by atoms with Crippen LogP contribution in [-0.2, 0) is 0 Å². The first-order chi connectivity index (χ1) is 15.1. The minimum Gasteiger partial charge on any atom is -0.506 e. The molecule has 2 unspecified atom stereocenters. The summed E-state index contributed by atoms with van der Waals surface area (Å²) < 4.78 is 2.18. The molecule has 0 saturated carbocycles. The number of aromatic hydroxyl groups is 1. The number of para-hydroxylation sites is 2. The Hall–Kier alpha value is -3.71. The molecule has 2 N–H and O–H groups in total. The zero-order valence-corrected chi connectivity index (χ0v) is 17.7. The summed E-state index contributed by atoms with van der Waals surface area (Å²) in [6, 6.07) is 20.8. The SMILES string of the molecule is Cc1ccc(C2C(c3ccccn3)NC(=S)N2c2ccccc2O)n1-c1cccnc1. The molecule has 0 spiro atoms. The summed E-state index contributed by atoms with van der Waals surface area (Å²) in [5.74, 6) is 0.175. The van der Waals surface area contributed by atoms with Gasteiger partial charge in [0.25, 0.3) is 0 Å². The highest BCUT2D eigenvalue weighted by Crippen LogP contribution is 2.44. The van der Waals surface area contributed by atoms with Crippen molar-refractivity contribution in [1.29, 1.82) is 0 Å². The van der Waals surface area contributed by atoms with Crippen molar-refractivity contribution in [3.63, 3.8) is 0 Å². The van der Waals surface area contributed by atoms with E-state index in [-0.39, 0.29) is 17.8 Å². The van der Waals surface area contributed by atoms with Crippen LogP contribution >= 0.6 is 12.2 Å². The molecule has 0 amide bonds. The third-order valence-corrected chi connectivity index (χ3v) is 5.87. The lowest BCUT2D eigenvalue weighted by molar-refractivity contribution is 0.472. The maximum absolute atomic E-state index is 10.6. The fourth-order valence-electron chi connectivity index (χ4n) is 4.21. The number of phenolic OH excluding ortho intramolecular Hbond substituents is 1. The molecule has 4 aromatic rings. The van der Waals surface area contributed by atoms with Gasteiger partial charge >= 0.3 is 0 Å². The molecule has 7 heteroatoms. The van der Waals surface area contributed by atoms with E-state index >= 15 is 0 Å². The molecule has 1 fully saturated rings. The van der Waals surface area contributed by atoms with E-state index in [0.29, 0.717) is 10.8 Å². The van der Waals surface area contributed by atoms with Gasteiger partial charge in [-0.15, -0.1) is 0 Å². The molecule has 5 rings (SSSR count). The topological polar surface area (TPSA) is 66.2 Å². The fraction of sp³-hybridized carbons (Fsp3) is 0.125. The molecule has 1 aliphatic rings. The van der Waals surface area contributed by atoms with Gasteiger partial charge < -0.3 is 19.9 Å². The number of anilines is 1. The van der Waals surface area contributed by atoms with Crippen molar-refractivity contribution in [2.45, 2.75) is 19.0 Å². The van der Waals surface area contributed by atoms with E-state index in [1.54, 1.807) is 24.5 Å². The number of rotatable bonds is 4. The molecule has 4 heterocycles. The average molecular weight is 428 g/mol. The molecule has 0 bridgehead atoms. The highest BCUT2D eigenvalue weighted by Gasteiger charge is 2.43. The fourth-order valence-corrected chi connectivity index (χ4v) is 4.55. The van der Waals surface area contributed by atoms with Gasteiger partial charge in [0.2, 0.25) is 0 Å². The van der Waals surface area contributed by atoms with Crippen molar-refractivity contribution in [3.8, 4) is 11.4 Å². The van der Waals surface area contributed by atoms with Gasteiger partial charge in [-0.25, -0.2) is 0 Å². The molecule has 0 radical (unpaired) electrons. The Morgan fingerprint density at radius 1 is 0.968 bits per heavy atom. The predicted octanol–water partition coefficient (Wildman–Crippen LogP) is 4.46. The lowest BCUT2D eigenvalue weighted by atomic mass is 10.0. The van der Waals surface area contributed by atoms with Gasteiger partial charge in [0.1, 0.15) is 11.8 Å². The van der Waals surface area contributed by atoms with Crippen molar-refractivity contribution in [3.05, 3.63) is 102 Å². The second kappa shape index (κ2) is 7.85. The van der Waals surface area contributed by atoms with Gasteiger partial charge in [-0.05, 0) is 67.7 Å². The van der Waals surface area contributed by atoms with Crippen molar-refractivity contribution in [1.82, 2.24) is 19.9 Å². The highest BCUT2D eigenvalue weighted by molar-refractivity contribution is 7.80. The lowest BCUT2D eigenvalue weighted by Gasteiger charge is -2.29. The molecule has 2 atom stereocenters. The Bertz CT molecular complexity index is 1230. The van der Waals surface area contributed by atoms with Crippen molar-refractivity contribution >= 4 is 23.0 Å². The summed E-state index contributed by atoms with van der Waals surface area (Å²) in [6.45, 7) is 2.07. The van der Waals surface area contributed by atoms with E-state index in [0.717, 1.165) is 22.8 Å². The molecule has 1 aliphatic heterocycles. The second-order valence-electron chi connectivity index (χ2n) is 7.43. The van der Waals surface area contributed by atoms with Crippen LogP contribution in [0.25, 0.3) is 5.69 Å². The van der Waals surface area contributed by atoms with Crippen LogP contribution in [0.3, 0.4) is 0 Å². The molecule has 1 saturated heterocycles. The summed E-state index contributed by atoms with van der Waals surface area (Å²) in [4.78, 5) is 10.9. The minimum absolute atomic E-state index is 0.175. The number of nitrogens with one attached hydrogen (secondary N) is 1. The van der Waals surface area contributed by atoms with Crippen LogP contribution in [0.5, 0.6) is 5.75 Å². The van der Waals surface area contributed by atoms with Crippen LogP contribution in [0.1, 0.15) is 29.2 Å². The number of thiocarbonyl (C=S) groups is 1. The van der Waals surface area contributed by atoms with E-state index in [1.165, 1.54) is 0 Å². The summed E-state index contributed by atoms with van der Waals surface area (Å²) in [5.41, 5.74) is 4.61. The maximum Gasteiger partial charge on any atom is 0.174 e. The number of pyridine rings is 2. The van der Waals surface area contributed by atoms with Crippen LogP contribution in [0.4, 0.5) is 5.69 Å². The smallest absolute Gasteiger partial charge is 0.174 e. The molecule has 1 aromatic carbocycles. The number of aromatic nitrogens is 3. The first-order valence-corrected chi connectivity index (χ1v) is 10.4. The standard InChI is InChI=1S/C24H21N5OS/c1-16-11-12-20(28(16)17-7-6-13-25-15-17)23-22(18-8-4-5-14-26-18)27-24(31)29(23)19-9-2-3-10-21(19)30/h2-15,22-23,30H,1H3,(H,27,31). The zero-order valence-electron chi connectivity index (χ0n) is 16.9. The third-order valence-electron chi connectivity index (χ3n) is 5.55. The highest BCUT2D eigenvalue weighted by atomic mass is 32.1. The molecular weight excluding hydrogens is 406 g/mol. The van der Waals surface area contributed by atoms with Gasteiger partial charge in [-0.2, -0.15) is 0 Å². The van der Waals surface area contributed by atoms with Gasteiger partial charge in [0.15, 0.2) is 5.11 Å². The molecule has 31 heavy (non-hydrogen) atoms. The first-order valence-electron chi connectivity index (χ1n) is 10.0. The number of hydrogen-bond donors (Lipinski definition) is 2. The van der Waals surface area contributed by atoms with E-state index in [4.69, 9.17) is 12.2 Å². The van der Waals surface area contributed by atoms with Gasteiger partial charge in [-0.3, -0.25) is 9.97 Å². The third kappa shape index (κ3) is 3.33. The van der Waals surface area contributed by atoms with Crippen molar-refractivity contribution < 1.29 is 5.11 Å². The lowest BCUT2D eigenvalue weighted by Crippen LogP contribution is -2.30. The zero-order chi connectivity index (χ0) is 21.4. The van der Waals surface area contributed by atoms with Crippen LogP contribution in [0, 0.1) is 6.92 Å². The van der Waals surface area contributed by atoms with E-state index in [9.17, 15) is 5.11 Å². The predicted molar refractivity (Wildman–Crippen MR) is 124 cm³/mol. The van der Waals surface area contributed by atoms with Crippen LogP contribution < -0.4 is 10.2 Å². The Kier molecular flexibility index (Phi) is 4.88. The molecular formula is C24H21N5OS. The molecule has 3 aromatic heterocycles. The second-order valence-corrected chi connectivity index (χ2v) is 7.82. The molecule has 154 valence electrons. The summed E-state index contributed by atoms with van der Waals surface area (Å²) in [6.07, 6.45) is 5.39. The number of nitrogens with zero attached hydrogens (tertiary/aromatic N) is 4. The maximum atomic E-state index is 10.6. The first kappa shape index (κ1) is 19.3. The summed E-state index contributed by atoms with van der Waals surface area (Å²) >= 11 is 5.76. The largest absolute Gasteiger partial charge is 0.506 e. The van der Waals surface area contributed by atoms with Crippen LogP contribution in [0.15, 0.2) is 85.3 Å². The molecule has 0 aliphatic carbocycles. The van der Waals surface area contributed by atoms with E-state index < -0.39 is 0 Å². The quantitative estimate of drug-likeness (QED) is 0.469. The number of phenols is 1. The van der Waals surface area contributed by atoms with E-state index in [1.807, 2.05) is 53.6 Å². The average Bonchev–Trinajstić information content (AvgIpc) is 3.35. The van der Waals surface area contributed by atoms with Gasteiger partial charge in [0.05, 0.1) is 29.3 Å². The Morgan fingerprint density at radius 3 is 2.55 bits per heavy atom. The van der Waals surface area contributed by atoms with Crippen LogP contribution in [-0.4, -0.2) is 24.8 Å². The van der Waals surface area contributed by atoms with Crippen molar-refractivity contribution in [2.24, 2.45) is 0 Å². The number of benzene rings is 1. The van der Waals surface area contributed by atoms with Crippen molar-refractivity contribution in [2.75, 3.05) is 4.90 Å². The molecule has 6 nitrogen and oxygen atoms in total. The normalized spacial score (nSPS) is 18.2. The number of aryl methyl sites for hydroxylation is 1. The minimum atomic E-state index is -0.232. The van der Waals surface area contributed by atoms with E-state index in [2.05, 4.69) is 38.9 Å². The van der Waals surface area contributed by atoms with Gasteiger partial charge in [-0.1, -0.05) is 18.2 Å². The summed E-state index contributed by atoms with van der Waals surface area (Å²) in [5, 5.41) is 14.6. The Balaban J connectivity index is 1.72. The Labute approximate surface area is 185 Å². The number of hydrogen-bond acceptors (Lipinski definition) is 4. The monoisotopic (exact) mass is 427 g/mol. The Morgan fingerprint density at radius 2 is 1.81 bits per heavy atom. The van der Waals surface area contributed by atoms with Crippen LogP contribution in [0.2, 0.25) is 0 Å². The van der Waals surface area contributed by atoms with Gasteiger partial charge in [0, 0.05) is 23.8 Å². The summed E-state index contributed by atoms with van der Waals surface area (Å²) in [7, 11) is 0.